The van der Waals surface area contributed by atoms with Crippen LogP contribution in [0.25, 0.3) is 0 Å². The van der Waals surface area contributed by atoms with E-state index in [4.69, 9.17) is 0 Å². The normalized spacial score (nSPS) is 18.3. The molecule has 2 heterocycles. The highest BCUT2D eigenvalue weighted by atomic mass is 19.1. The molecular weight excluding hydrogens is 381 g/mol. The van der Waals surface area contributed by atoms with Gasteiger partial charge in [0.15, 0.2) is 0 Å². The van der Waals surface area contributed by atoms with Gasteiger partial charge in [-0.25, -0.2) is 9.18 Å². The Hall–Kier alpha value is -3.15. The van der Waals surface area contributed by atoms with Crippen molar-refractivity contribution in [2.75, 3.05) is 19.6 Å². The largest absolute Gasteiger partial charge is 0.342 e. The quantitative estimate of drug-likeness (QED) is 0.814. The average Bonchev–Trinajstić information content (AvgIpc) is 3.17. The molecule has 0 bridgehead atoms. The minimum absolute atomic E-state index is 0.165. The van der Waals surface area contributed by atoms with Crippen LogP contribution in [0.2, 0.25) is 0 Å². The minimum Gasteiger partial charge on any atom is -0.342 e. The molecular formula is C24H26FN3O2. The van der Waals surface area contributed by atoms with Gasteiger partial charge in [0.25, 0.3) is 0 Å². The van der Waals surface area contributed by atoms with Gasteiger partial charge in [0, 0.05) is 38.2 Å². The first-order chi connectivity index (χ1) is 14.5. The number of halogens is 1. The zero-order chi connectivity index (χ0) is 21.1. The molecule has 1 saturated heterocycles. The molecule has 156 valence electrons. The molecule has 6 heteroatoms. The number of hydrogen-bond acceptors (Lipinski definition) is 2. The highest BCUT2D eigenvalue weighted by molar-refractivity contribution is 5.78. The van der Waals surface area contributed by atoms with E-state index in [1.165, 1.54) is 17.7 Å². The van der Waals surface area contributed by atoms with E-state index in [-0.39, 0.29) is 23.8 Å². The lowest BCUT2D eigenvalue weighted by Gasteiger charge is -2.38. The highest BCUT2D eigenvalue weighted by Crippen LogP contribution is 2.35. The lowest BCUT2D eigenvalue weighted by atomic mass is 9.88. The lowest BCUT2D eigenvalue weighted by Crippen LogP contribution is -2.45. The van der Waals surface area contributed by atoms with Crippen LogP contribution in [-0.2, 0) is 11.2 Å². The van der Waals surface area contributed by atoms with Crippen molar-refractivity contribution in [3.8, 4) is 0 Å². The van der Waals surface area contributed by atoms with Gasteiger partial charge in [-0.1, -0.05) is 43.0 Å². The molecule has 0 aromatic heterocycles. The number of carbonyl (C=O) groups is 2. The highest BCUT2D eigenvalue weighted by Gasteiger charge is 2.32. The van der Waals surface area contributed by atoms with Crippen LogP contribution in [0, 0.1) is 5.82 Å². The Morgan fingerprint density at radius 3 is 2.60 bits per heavy atom. The second-order valence-electron chi connectivity index (χ2n) is 7.86. The Morgan fingerprint density at radius 1 is 1.10 bits per heavy atom. The molecule has 2 aromatic rings. The zero-order valence-electron chi connectivity index (χ0n) is 16.9. The zero-order valence-corrected chi connectivity index (χ0v) is 16.9. The van der Waals surface area contributed by atoms with E-state index in [1.807, 2.05) is 23.1 Å². The Morgan fingerprint density at radius 2 is 1.87 bits per heavy atom. The van der Waals surface area contributed by atoms with Gasteiger partial charge in [0.05, 0.1) is 6.04 Å². The Kier molecular flexibility index (Phi) is 5.84. The van der Waals surface area contributed by atoms with Crippen LogP contribution in [0.15, 0.2) is 60.8 Å². The monoisotopic (exact) mass is 407 g/mol. The lowest BCUT2D eigenvalue weighted by molar-refractivity contribution is -0.127. The average molecular weight is 407 g/mol. The summed E-state index contributed by atoms with van der Waals surface area (Å²) in [6.07, 6.45) is 2.79. The van der Waals surface area contributed by atoms with Gasteiger partial charge >= 0.3 is 6.03 Å². The molecule has 0 saturated carbocycles. The molecule has 2 aliphatic heterocycles. The molecule has 1 atom stereocenters. The Bertz CT molecular complexity index is 957. The number of fused-ring (bicyclic) bond motifs is 1. The summed E-state index contributed by atoms with van der Waals surface area (Å²) < 4.78 is 13.5. The van der Waals surface area contributed by atoms with Crippen molar-refractivity contribution in [2.45, 2.75) is 31.7 Å². The van der Waals surface area contributed by atoms with Gasteiger partial charge in [-0.15, -0.1) is 0 Å². The second kappa shape index (κ2) is 8.69. The van der Waals surface area contributed by atoms with E-state index in [9.17, 15) is 14.0 Å². The molecule has 3 amide bonds. The maximum absolute atomic E-state index is 13.5. The number of likely N-dealkylation sites (tertiary alicyclic amines) is 1. The molecule has 5 nitrogen and oxygen atoms in total. The first-order valence-electron chi connectivity index (χ1n) is 10.4. The summed E-state index contributed by atoms with van der Waals surface area (Å²) in [6, 6.07) is 13.9. The van der Waals surface area contributed by atoms with Crippen molar-refractivity contribution in [3.63, 3.8) is 0 Å². The molecule has 2 aromatic carbocycles. The van der Waals surface area contributed by atoms with Crippen LogP contribution in [0.4, 0.5) is 9.18 Å². The van der Waals surface area contributed by atoms with Crippen LogP contribution < -0.4 is 5.32 Å². The molecule has 2 aliphatic rings. The maximum Gasteiger partial charge on any atom is 0.322 e. The fourth-order valence-electron chi connectivity index (χ4n) is 4.29. The fourth-order valence-corrected chi connectivity index (χ4v) is 4.29. The fraction of sp³-hybridized carbons (Fsp3) is 0.333. The predicted molar refractivity (Wildman–Crippen MR) is 113 cm³/mol. The van der Waals surface area contributed by atoms with Crippen LogP contribution in [0.1, 0.15) is 42.0 Å². The molecule has 1 fully saturated rings. The van der Waals surface area contributed by atoms with Crippen molar-refractivity contribution >= 4 is 11.9 Å². The summed E-state index contributed by atoms with van der Waals surface area (Å²) in [5, 5.41) is 2.91. The summed E-state index contributed by atoms with van der Waals surface area (Å²) >= 11 is 0. The number of nitrogens with zero attached hydrogens (tertiary/aromatic N) is 2. The number of amides is 3. The SMILES string of the molecule is C=C(CCN1CCCC1=O)NC(=O)N1CCc2ccccc2[C@@H]1c1ccc(F)cc1. The first kappa shape index (κ1) is 20.1. The van der Waals surface area contributed by atoms with Crippen molar-refractivity contribution in [2.24, 2.45) is 0 Å². The van der Waals surface area contributed by atoms with Crippen molar-refractivity contribution < 1.29 is 14.0 Å². The Labute approximate surface area is 176 Å². The summed E-state index contributed by atoms with van der Waals surface area (Å²) in [4.78, 5) is 28.5. The van der Waals surface area contributed by atoms with Gasteiger partial charge in [-0.3, -0.25) is 4.79 Å². The van der Waals surface area contributed by atoms with Crippen molar-refractivity contribution in [3.05, 3.63) is 83.3 Å². The molecule has 30 heavy (non-hydrogen) atoms. The van der Waals surface area contributed by atoms with E-state index in [0.717, 1.165) is 30.5 Å². The summed E-state index contributed by atoms with van der Waals surface area (Å²) in [7, 11) is 0. The molecule has 0 unspecified atom stereocenters. The maximum atomic E-state index is 13.5. The number of urea groups is 1. The van der Waals surface area contributed by atoms with E-state index in [1.54, 1.807) is 17.0 Å². The molecule has 0 aliphatic carbocycles. The summed E-state index contributed by atoms with van der Waals surface area (Å²) in [5.41, 5.74) is 3.71. The van der Waals surface area contributed by atoms with Crippen LogP contribution in [0.3, 0.4) is 0 Å². The van der Waals surface area contributed by atoms with E-state index < -0.39 is 0 Å². The van der Waals surface area contributed by atoms with Crippen molar-refractivity contribution in [1.82, 2.24) is 15.1 Å². The van der Waals surface area contributed by atoms with Gasteiger partial charge < -0.3 is 15.1 Å². The molecule has 0 radical (unpaired) electrons. The molecule has 1 N–H and O–H groups in total. The minimum atomic E-state index is -0.302. The van der Waals surface area contributed by atoms with E-state index >= 15 is 0 Å². The summed E-state index contributed by atoms with van der Waals surface area (Å²) in [5.74, 6) is -0.137. The Balaban J connectivity index is 1.49. The van der Waals surface area contributed by atoms with E-state index in [2.05, 4.69) is 18.0 Å². The number of nitrogens with one attached hydrogen (secondary N) is 1. The van der Waals surface area contributed by atoms with E-state index in [0.29, 0.717) is 31.6 Å². The van der Waals surface area contributed by atoms with Gasteiger partial charge in [0.1, 0.15) is 5.82 Å². The van der Waals surface area contributed by atoms with Gasteiger partial charge in [-0.2, -0.15) is 0 Å². The summed E-state index contributed by atoms with van der Waals surface area (Å²) in [6.45, 7) is 5.89. The molecule has 0 spiro atoms. The number of rotatable bonds is 5. The van der Waals surface area contributed by atoms with Crippen molar-refractivity contribution in [1.29, 1.82) is 0 Å². The van der Waals surface area contributed by atoms with Gasteiger partial charge in [-0.05, 0) is 41.7 Å². The standard InChI is InChI=1S/C24H26FN3O2/c1-17(12-15-27-14-4-7-22(27)29)26-24(30)28-16-13-18-5-2-3-6-21(18)23(28)19-8-10-20(25)11-9-19/h2-3,5-6,8-11,23H,1,4,7,12-16H2,(H,26,30)/t23-/m0/s1. The predicted octanol–water partition coefficient (Wildman–Crippen LogP) is 4.01. The van der Waals surface area contributed by atoms with Crippen LogP contribution >= 0.6 is 0 Å². The third-order valence-corrected chi connectivity index (χ3v) is 5.87. The number of carbonyl (C=O) groups excluding carboxylic acids is 2. The van der Waals surface area contributed by atoms with Crippen LogP contribution in [0.5, 0.6) is 0 Å². The smallest absolute Gasteiger partial charge is 0.322 e. The number of benzene rings is 2. The molecule has 4 rings (SSSR count). The second-order valence-corrected chi connectivity index (χ2v) is 7.86. The topological polar surface area (TPSA) is 52.7 Å². The third kappa shape index (κ3) is 4.22. The first-order valence-corrected chi connectivity index (χ1v) is 10.4. The van der Waals surface area contributed by atoms with Crippen LogP contribution in [-0.4, -0.2) is 41.4 Å². The number of hydrogen-bond donors (Lipinski definition) is 1. The van der Waals surface area contributed by atoms with Gasteiger partial charge in [0.2, 0.25) is 5.91 Å². The third-order valence-electron chi connectivity index (χ3n) is 5.87.